The first-order valence-electron chi connectivity index (χ1n) is 6.94. The summed E-state index contributed by atoms with van der Waals surface area (Å²) in [4.78, 5) is 27.0. The molecule has 0 radical (unpaired) electrons. The first-order valence-corrected chi connectivity index (χ1v) is 7.76. The zero-order chi connectivity index (χ0) is 14.9. The molecule has 0 aromatic carbocycles. The minimum atomic E-state index is -0.977. The molecule has 0 aliphatic heterocycles. The van der Waals surface area contributed by atoms with Crippen LogP contribution in [-0.4, -0.2) is 34.0 Å². The number of nitrogens with zero attached hydrogens (tertiary/aromatic N) is 1. The van der Waals surface area contributed by atoms with Gasteiger partial charge in [-0.05, 0) is 58.1 Å². The van der Waals surface area contributed by atoms with Gasteiger partial charge in [0.15, 0.2) is 0 Å². The molecule has 2 rings (SSSR count). The second kappa shape index (κ2) is 5.56. The van der Waals surface area contributed by atoms with Gasteiger partial charge in [-0.25, -0.2) is 0 Å². The third kappa shape index (κ3) is 3.20. The zero-order valence-corrected chi connectivity index (χ0v) is 13.0. The smallest absolute Gasteiger partial charge is 0.323 e. The van der Waals surface area contributed by atoms with Crippen molar-refractivity contribution in [1.29, 1.82) is 0 Å². The second-order valence-corrected chi connectivity index (χ2v) is 7.36. The number of carbonyl (C=O) groups excluding carboxylic acids is 1. The monoisotopic (exact) mass is 295 g/mol. The van der Waals surface area contributed by atoms with E-state index in [4.69, 9.17) is 5.11 Å². The Morgan fingerprint density at radius 1 is 1.30 bits per heavy atom. The highest BCUT2D eigenvalue weighted by atomic mass is 32.1. The quantitative estimate of drug-likeness (QED) is 0.932. The van der Waals surface area contributed by atoms with E-state index in [9.17, 15) is 9.59 Å². The van der Waals surface area contributed by atoms with Crippen molar-refractivity contribution in [2.75, 3.05) is 6.54 Å². The fraction of sp³-hybridized carbons (Fsp3) is 0.600. The summed E-state index contributed by atoms with van der Waals surface area (Å²) in [5.74, 6) is -1.14. The second-order valence-electron chi connectivity index (χ2n) is 6.22. The summed E-state index contributed by atoms with van der Waals surface area (Å²) in [5.41, 5.74) is 0.772. The van der Waals surface area contributed by atoms with Crippen molar-refractivity contribution in [3.05, 3.63) is 21.4 Å². The number of aryl methyl sites for hydroxylation is 2. The third-order valence-electron chi connectivity index (χ3n) is 3.56. The van der Waals surface area contributed by atoms with Gasteiger partial charge in [-0.3, -0.25) is 9.59 Å². The van der Waals surface area contributed by atoms with E-state index in [1.54, 1.807) is 0 Å². The lowest BCUT2D eigenvalue weighted by molar-refractivity contribution is -0.138. The van der Waals surface area contributed by atoms with Gasteiger partial charge >= 0.3 is 5.97 Å². The van der Waals surface area contributed by atoms with Crippen LogP contribution in [0.2, 0.25) is 0 Å². The maximum atomic E-state index is 12.6. The largest absolute Gasteiger partial charge is 0.480 e. The molecule has 0 spiro atoms. The normalized spacial score (nSPS) is 14.8. The minimum absolute atomic E-state index is 0.167. The van der Waals surface area contributed by atoms with Gasteiger partial charge < -0.3 is 10.0 Å². The number of carboxylic acid groups (broad SMARTS) is 1. The number of fused-ring (bicyclic) bond motifs is 1. The summed E-state index contributed by atoms with van der Waals surface area (Å²) in [6.07, 6.45) is 4.43. The predicted octanol–water partition coefficient (Wildman–Crippen LogP) is 2.95. The van der Waals surface area contributed by atoms with Crippen LogP contribution in [0.1, 0.15) is 53.7 Å². The van der Waals surface area contributed by atoms with Crippen LogP contribution in [0.4, 0.5) is 0 Å². The van der Waals surface area contributed by atoms with E-state index >= 15 is 0 Å². The van der Waals surface area contributed by atoms with Crippen LogP contribution in [0, 0.1) is 0 Å². The van der Waals surface area contributed by atoms with Crippen LogP contribution < -0.4 is 0 Å². The van der Waals surface area contributed by atoms with Crippen molar-refractivity contribution in [1.82, 2.24) is 4.90 Å². The third-order valence-corrected chi connectivity index (χ3v) is 4.78. The summed E-state index contributed by atoms with van der Waals surface area (Å²) in [5, 5.41) is 9.01. The molecule has 0 saturated heterocycles. The molecule has 0 unspecified atom stereocenters. The van der Waals surface area contributed by atoms with Gasteiger partial charge in [0.25, 0.3) is 5.91 Å². The van der Waals surface area contributed by atoms with Gasteiger partial charge in [0, 0.05) is 10.4 Å². The highest BCUT2D eigenvalue weighted by Crippen LogP contribution is 2.31. The van der Waals surface area contributed by atoms with Gasteiger partial charge in [0.1, 0.15) is 6.54 Å². The molecule has 20 heavy (non-hydrogen) atoms. The lowest BCUT2D eigenvalue weighted by Gasteiger charge is -2.34. The molecule has 1 heterocycles. The van der Waals surface area contributed by atoms with Gasteiger partial charge in [0.05, 0.1) is 4.88 Å². The number of carboxylic acids is 1. The van der Waals surface area contributed by atoms with E-state index < -0.39 is 11.5 Å². The number of amides is 1. The molecule has 1 N–H and O–H groups in total. The molecular formula is C15H21NO3S. The number of hydrogen-bond donors (Lipinski definition) is 1. The predicted molar refractivity (Wildman–Crippen MR) is 79.4 cm³/mol. The van der Waals surface area contributed by atoms with Gasteiger partial charge in [-0.1, -0.05) is 0 Å². The minimum Gasteiger partial charge on any atom is -0.480 e. The molecule has 1 amide bonds. The van der Waals surface area contributed by atoms with Gasteiger partial charge in [0.2, 0.25) is 0 Å². The molecule has 1 aromatic rings. The molecule has 0 atom stereocenters. The van der Waals surface area contributed by atoms with E-state index in [0.717, 1.165) is 12.8 Å². The summed E-state index contributed by atoms with van der Waals surface area (Å²) >= 11 is 1.53. The van der Waals surface area contributed by atoms with Crippen molar-refractivity contribution in [3.8, 4) is 0 Å². The van der Waals surface area contributed by atoms with Crippen LogP contribution in [0.3, 0.4) is 0 Å². The number of thiophene rings is 1. The number of hydrogen-bond acceptors (Lipinski definition) is 3. The summed E-state index contributed by atoms with van der Waals surface area (Å²) < 4.78 is 0. The SMILES string of the molecule is CC(C)(C)N(CC(=O)O)C(=O)c1cc2c(s1)CCCC2. The number of carbonyl (C=O) groups is 2. The van der Waals surface area contributed by atoms with E-state index in [1.165, 1.54) is 39.5 Å². The Labute approximate surface area is 123 Å². The summed E-state index contributed by atoms with van der Waals surface area (Å²) in [6, 6.07) is 1.96. The summed E-state index contributed by atoms with van der Waals surface area (Å²) in [7, 11) is 0. The lowest BCUT2D eigenvalue weighted by atomic mass is 9.99. The molecule has 0 saturated carbocycles. The Hall–Kier alpha value is -1.36. The van der Waals surface area contributed by atoms with Crippen LogP contribution >= 0.6 is 11.3 Å². The molecule has 0 bridgehead atoms. The highest BCUT2D eigenvalue weighted by molar-refractivity contribution is 7.14. The van der Waals surface area contributed by atoms with Crippen LogP contribution in [-0.2, 0) is 17.6 Å². The lowest BCUT2D eigenvalue weighted by Crippen LogP contribution is -2.48. The van der Waals surface area contributed by atoms with Gasteiger partial charge in [-0.15, -0.1) is 11.3 Å². The van der Waals surface area contributed by atoms with E-state index in [-0.39, 0.29) is 12.5 Å². The average molecular weight is 295 g/mol. The molecule has 110 valence electrons. The number of aliphatic carboxylic acids is 1. The fourth-order valence-electron chi connectivity index (χ4n) is 2.48. The highest BCUT2D eigenvalue weighted by Gasteiger charge is 2.30. The Morgan fingerprint density at radius 2 is 1.95 bits per heavy atom. The number of rotatable bonds is 3. The standard InChI is InChI=1S/C15H21NO3S/c1-15(2,3)16(9-13(17)18)14(19)12-8-10-6-4-5-7-11(10)20-12/h8H,4-7,9H2,1-3H3,(H,17,18). The maximum Gasteiger partial charge on any atom is 0.323 e. The zero-order valence-electron chi connectivity index (χ0n) is 12.2. The first kappa shape index (κ1) is 15.0. The van der Waals surface area contributed by atoms with E-state index in [1.807, 2.05) is 26.8 Å². The van der Waals surface area contributed by atoms with Crippen LogP contribution in [0.25, 0.3) is 0 Å². The molecular weight excluding hydrogens is 274 g/mol. The first-order chi connectivity index (χ1) is 9.29. The van der Waals surface area contributed by atoms with E-state index in [2.05, 4.69) is 0 Å². The molecule has 1 aliphatic rings. The maximum absolute atomic E-state index is 12.6. The summed E-state index contributed by atoms with van der Waals surface area (Å²) in [6.45, 7) is 5.33. The van der Waals surface area contributed by atoms with Crippen molar-refractivity contribution >= 4 is 23.2 Å². The van der Waals surface area contributed by atoms with E-state index in [0.29, 0.717) is 4.88 Å². The fourth-order valence-corrected chi connectivity index (χ4v) is 3.68. The average Bonchev–Trinajstić information content (AvgIpc) is 2.77. The van der Waals surface area contributed by atoms with Crippen molar-refractivity contribution in [3.63, 3.8) is 0 Å². The van der Waals surface area contributed by atoms with Crippen molar-refractivity contribution in [2.24, 2.45) is 0 Å². The van der Waals surface area contributed by atoms with Crippen LogP contribution in [0.5, 0.6) is 0 Å². The molecule has 1 aromatic heterocycles. The Kier molecular flexibility index (Phi) is 4.18. The molecule has 4 nitrogen and oxygen atoms in total. The Bertz CT molecular complexity index is 504. The topological polar surface area (TPSA) is 57.6 Å². The van der Waals surface area contributed by atoms with Crippen molar-refractivity contribution in [2.45, 2.75) is 52.0 Å². The van der Waals surface area contributed by atoms with Gasteiger partial charge in [-0.2, -0.15) is 0 Å². The molecule has 5 heteroatoms. The molecule has 1 aliphatic carbocycles. The Balaban J connectivity index is 2.27. The Morgan fingerprint density at radius 3 is 2.50 bits per heavy atom. The van der Waals surface area contributed by atoms with Crippen LogP contribution in [0.15, 0.2) is 6.07 Å². The molecule has 0 fully saturated rings. The van der Waals surface area contributed by atoms with Crippen molar-refractivity contribution < 1.29 is 14.7 Å².